The van der Waals surface area contributed by atoms with E-state index in [1.54, 1.807) is 32.0 Å². The van der Waals surface area contributed by atoms with Gasteiger partial charge in [-0.2, -0.15) is 10.2 Å². The highest BCUT2D eigenvalue weighted by Crippen LogP contribution is 2.41. The van der Waals surface area contributed by atoms with Crippen LogP contribution in [0.1, 0.15) is 34.6 Å². The number of nitrogens with zero attached hydrogens (tertiary/aromatic N) is 2. The minimum Gasteiger partial charge on any atom is -0.492 e. The molecular formula is C24H29Cl2N3O6. The quantitative estimate of drug-likeness (QED) is 0.244. The molecule has 0 aliphatic carbocycles. The highest BCUT2D eigenvalue weighted by atomic mass is 35.5. The first-order valence-corrected chi connectivity index (χ1v) is 11.9. The van der Waals surface area contributed by atoms with Crippen LogP contribution < -0.4 is 24.3 Å². The van der Waals surface area contributed by atoms with Gasteiger partial charge in [-0.1, -0.05) is 23.2 Å². The van der Waals surface area contributed by atoms with Gasteiger partial charge in [0.25, 0.3) is 5.91 Å². The first-order valence-electron chi connectivity index (χ1n) is 11.2. The van der Waals surface area contributed by atoms with Crippen molar-refractivity contribution in [1.29, 1.82) is 0 Å². The molecule has 0 heterocycles. The number of rotatable bonds is 13. The number of ether oxygens (including phenoxy) is 4. The number of nitrogens with one attached hydrogen (secondary N) is 1. The van der Waals surface area contributed by atoms with Crippen LogP contribution in [0.5, 0.6) is 23.0 Å². The van der Waals surface area contributed by atoms with Gasteiger partial charge in [-0.05, 0) is 52.8 Å². The number of halogens is 2. The smallest absolute Gasteiger partial charge is 0.259 e. The van der Waals surface area contributed by atoms with Crippen LogP contribution in [0, 0.1) is 0 Å². The topological polar surface area (TPSA) is 108 Å². The number of azo groups is 1. The van der Waals surface area contributed by atoms with Crippen molar-refractivity contribution in [3.8, 4) is 23.0 Å². The Balaban J connectivity index is 2.39. The van der Waals surface area contributed by atoms with Crippen LogP contribution in [-0.2, 0) is 9.59 Å². The van der Waals surface area contributed by atoms with Crippen molar-refractivity contribution in [3.05, 3.63) is 34.3 Å². The molecule has 0 bridgehead atoms. The summed E-state index contributed by atoms with van der Waals surface area (Å²) >= 11 is 12.6. The molecule has 0 radical (unpaired) electrons. The number of carbonyl (C=O) groups is 2. The van der Waals surface area contributed by atoms with Crippen LogP contribution in [0.2, 0.25) is 10.0 Å². The van der Waals surface area contributed by atoms with Crippen LogP contribution in [0.4, 0.5) is 11.4 Å². The third kappa shape index (κ3) is 7.47. The fourth-order valence-corrected chi connectivity index (χ4v) is 3.48. The van der Waals surface area contributed by atoms with Crippen LogP contribution >= 0.6 is 23.2 Å². The Kier molecular flexibility index (Phi) is 11.1. The van der Waals surface area contributed by atoms with E-state index in [0.29, 0.717) is 43.7 Å². The zero-order valence-electron chi connectivity index (χ0n) is 20.3. The van der Waals surface area contributed by atoms with Crippen molar-refractivity contribution in [2.24, 2.45) is 10.2 Å². The van der Waals surface area contributed by atoms with Crippen molar-refractivity contribution in [2.75, 3.05) is 31.7 Å². The Morgan fingerprint density at radius 3 is 2.06 bits per heavy atom. The van der Waals surface area contributed by atoms with Gasteiger partial charge in [-0.15, -0.1) is 0 Å². The second-order valence-electron chi connectivity index (χ2n) is 6.95. The molecule has 0 saturated carbocycles. The summed E-state index contributed by atoms with van der Waals surface area (Å²) in [6, 6.07) is 4.83. The second-order valence-corrected chi connectivity index (χ2v) is 7.77. The molecule has 11 heteroatoms. The molecule has 1 unspecified atom stereocenters. The molecule has 9 nitrogen and oxygen atoms in total. The molecule has 2 aromatic carbocycles. The third-order valence-electron chi connectivity index (χ3n) is 4.41. The van der Waals surface area contributed by atoms with E-state index in [1.165, 1.54) is 13.0 Å². The lowest BCUT2D eigenvalue weighted by molar-refractivity contribution is -0.126. The largest absolute Gasteiger partial charge is 0.492 e. The van der Waals surface area contributed by atoms with E-state index in [4.69, 9.17) is 42.1 Å². The van der Waals surface area contributed by atoms with Gasteiger partial charge in [-0.25, -0.2) is 0 Å². The Hall–Kier alpha value is -3.04. The maximum atomic E-state index is 13.1. The van der Waals surface area contributed by atoms with Crippen molar-refractivity contribution >= 4 is 46.3 Å². The Morgan fingerprint density at radius 2 is 1.46 bits per heavy atom. The summed E-state index contributed by atoms with van der Waals surface area (Å²) in [7, 11) is 0. The van der Waals surface area contributed by atoms with E-state index < -0.39 is 17.7 Å². The molecule has 0 fully saturated rings. The first kappa shape index (κ1) is 28.2. The van der Waals surface area contributed by atoms with E-state index in [9.17, 15) is 9.59 Å². The molecule has 1 atom stereocenters. The van der Waals surface area contributed by atoms with E-state index >= 15 is 0 Å². The van der Waals surface area contributed by atoms with Crippen molar-refractivity contribution in [3.63, 3.8) is 0 Å². The molecule has 190 valence electrons. The minimum atomic E-state index is -1.45. The van der Waals surface area contributed by atoms with Gasteiger partial charge in [-0.3, -0.25) is 9.59 Å². The highest BCUT2D eigenvalue weighted by molar-refractivity contribution is 6.33. The van der Waals surface area contributed by atoms with Crippen molar-refractivity contribution < 1.29 is 28.5 Å². The Morgan fingerprint density at radius 1 is 0.857 bits per heavy atom. The lowest BCUT2D eigenvalue weighted by atomic mass is 10.2. The number of hydrogen-bond acceptors (Lipinski definition) is 8. The summed E-state index contributed by atoms with van der Waals surface area (Å²) in [4.78, 5) is 25.4. The summed E-state index contributed by atoms with van der Waals surface area (Å²) in [5.74, 6) is 0.0728. The van der Waals surface area contributed by atoms with Gasteiger partial charge in [0.2, 0.25) is 6.04 Å². The fraction of sp³-hybridized carbons (Fsp3) is 0.417. The van der Waals surface area contributed by atoms with Gasteiger partial charge in [0, 0.05) is 6.07 Å². The molecule has 1 N–H and O–H groups in total. The predicted molar refractivity (Wildman–Crippen MR) is 135 cm³/mol. The zero-order chi connectivity index (χ0) is 26.0. The summed E-state index contributed by atoms with van der Waals surface area (Å²) in [6.45, 7) is 9.86. The third-order valence-corrected chi connectivity index (χ3v) is 4.99. The highest BCUT2D eigenvalue weighted by Gasteiger charge is 2.27. The van der Waals surface area contributed by atoms with Crippen LogP contribution in [0.15, 0.2) is 34.5 Å². The van der Waals surface area contributed by atoms with Crippen molar-refractivity contribution in [2.45, 2.75) is 40.7 Å². The van der Waals surface area contributed by atoms with Crippen molar-refractivity contribution in [1.82, 2.24) is 0 Å². The van der Waals surface area contributed by atoms with Gasteiger partial charge in [0.05, 0.1) is 42.2 Å². The molecule has 1 amide bonds. The molecule has 35 heavy (non-hydrogen) atoms. The second kappa shape index (κ2) is 13.7. The normalized spacial score (nSPS) is 11.7. The molecule has 2 aromatic rings. The monoisotopic (exact) mass is 525 g/mol. The first-order chi connectivity index (χ1) is 16.8. The SMILES string of the molecule is CCOc1ccc(Cl)c(OCC)c1NC(=O)C(N=Nc1cc(Cl)c(OCC)c(OCC)c1)C(C)=O. The predicted octanol–water partition coefficient (Wildman–Crippen LogP) is 6.27. The van der Waals surface area contributed by atoms with Crippen LogP contribution in [0.25, 0.3) is 0 Å². The van der Waals surface area contributed by atoms with Gasteiger partial charge >= 0.3 is 0 Å². The van der Waals surface area contributed by atoms with Gasteiger partial charge in [0.1, 0.15) is 11.4 Å². The molecule has 0 aliphatic rings. The standard InChI is InChI=1S/C24H29Cl2N3O6/c1-6-32-18-11-10-16(25)23(35-9-4)21(18)27-24(31)20(14(5)30)29-28-15-12-17(26)22(34-8-3)19(13-15)33-7-2/h10-13,20H,6-9H2,1-5H3,(H,27,31). The van der Waals surface area contributed by atoms with E-state index in [0.717, 1.165) is 0 Å². The summed E-state index contributed by atoms with van der Waals surface area (Å²) in [6.07, 6.45) is 0. The van der Waals surface area contributed by atoms with Gasteiger partial charge in [0.15, 0.2) is 23.0 Å². The number of Topliss-reactive ketones (excluding diaryl/α,β-unsaturated/α-hetero) is 1. The number of benzene rings is 2. The average molecular weight is 526 g/mol. The lowest BCUT2D eigenvalue weighted by Gasteiger charge is -2.18. The fourth-order valence-electron chi connectivity index (χ4n) is 3.01. The molecule has 0 spiro atoms. The number of ketones is 1. The number of carbonyl (C=O) groups excluding carboxylic acids is 2. The van der Waals surface area contributed by atoms with E-state index in [-0.39, 0.29) is 27.2 Å². The Bertz CT molecular complexity index is 1080. The molecule has 0 aromatic heterocycles. The van der Waals surface area contributed by atoms with Crippen LogP contribution in [0.3, 0.4) is 0 Å². The summed E-state index contributed by atoms with van der Waals surface area (Å²) in [5, 5.41) is 11.2. The molecular weight excluding hydrogens is 497 g/mol. The molecule has 0 aliphatic heterocycles. The van der Waals surface area contributed by atoms with Gasteiger partial charge < -0.3 is 24.3 Å². The molecule has 0 saturated heterocycles. The Labute approximate surface area is 214 Å². The average Bonchev–Trinajstić information content (AvgIpc) is 2.80. The number of hydrogen-bond donors (Lipinski definition) is 1. The summed E-state index contributed by atoms with van der Waals surface area (Å²) < 4.78 is 22.3. The number of anilines is 1. The maximum absolute atomic E-state index is 13.1. The summed E-state index contributed by atoms with van der Waals surface area (Å²) in [5.41, 5.74) is 0.490. The minimum absolute atomic E-state index is 0.204. The zero-order valence-corrected chi connectivity index (χ0v) is 21.8. The van der Waals surface area contributed by atoms with Crippen LogP contribution in [-0.4, -0.2) is 44.2 Å². The van der Waals surface area contributed by atoms with E-state index in [2.05, 4.69) is 15.5 Å². The lowest BCUT2D eigenvalue weighted by Crippen LogP contribution is -2.32. The van der Waals surface area contributed by atoms with E-state index in [1.807, 2.05) is 13.8 Å². The number of amides is 1. The molecule has 2 rings (SSSR count). The maximum Gasteiger partial charge on any atom is 0.259 e.